The van der Waals surface area contributed by atoms with Crippen LogP contribution in [-0.4, -0.2) is 12.0 Å². The Morgan fingerprint density at radius 3 is 2.53 bits per heavy atom. The Labute approximate surface area is 110 Å². The summed E-state index contributed by atoms with van der Waals surface area (Å²) < 4.78 is 0. The smallest absolute Gasteiger partial charge is 0.110 e. The predicted molar refractivity (Wildman–Crippen MR) is 76.8 cm³/mol. The Balaban J connectivity index is 2.53. The zero-order valence-corrected chi connectivity index (χ0v) is 12.5. The van der Waals surface area contributed by atoms with Gasteiger partial charge in [-0.2, -0.15) is 0 Å². The molecule has 1 atom stereocenters. The van der Waals surface area contributed by atoms with Crippen LogP contribution in [0.2, 0.25) is 0 Å². The monoisotopic (exact) mass is 254 g/mol. The molecule has 1 rings (SSSR count). The molecule has 1 aromatic heterocycles. The summed E-state index contributed by atoms with van der Waals surface area (Å²) in [7, 11) is 2.05. The third-order valence-electron chi connectivity index (χ3n) is 3.24. The lowest BCUT2D eigenvalue weighted by molar-refractivity contribution is 0.502. The Morgan fingerprint density at radius 1 is 1.24 bits per heavy atom. The van der Waals surface area contributed by atoms with Crippen molar-refractivity contribution in [1.29, 1.82) is 0 Å². The number of unbranched alkanes of at least 4 members (excludes halogenated alkanes) is 3. The van der Waals surface area contributed by atoms with E-state index < -0.39 is 0 Å². The number of hydrogen-bond acceptors (Lipinski definition) is 3. The summed E-state index contributed by atoms with van der Waals surface area (Å²) in [5.41, 5.74) is 1.28. The first-order chi connectivity index (χ1) is 8.22. The molecule has 1 N–H and O–H groups in total. The van der Waals surface area contributed by atoms with Crippen molar-refractivity contribution in [1.82, 2.24) is 10.3 Å². The molecule has 3 heteroatoms. The van der Waals surface area contributed by atoms with Gasteiger partial charge in [0.2, 0.25) is 0 Å². The molecule has 1 aromatic rings. The largest absolute Gasteiger partial charge is 0.311 e. The van der Waals surface area contributed by atoms with Gasteiger partial charge in [0.05, 0.1) is 11.7 Å². The van der Waals surface area contributed by atoms with Crippen molar-refractivity contribution in [3.8, 4) is 0 Å². The van der Waals surface area contributed by atoms with Crippen molar-refractivity contribution < 1.29 is 0 Å². The number of nitrogens with zero attached hydrogens (tertiary/aromatic N) is 1. The summed E-state index contributed by atoms with van der Waals surface area (Å²) in [6.45, 7) is 6.62. The van der Waals surface area contributed by atoms with Crippen molar-refractivity contribution in [2.24, 2.45) is 0 Å². The van der Waals surface area contributed by atoms with Gasteiger partial charge in [0.15, 0.2) is 0 Å². The Morgan fingerprint density at radius 2 is 2.00 bits per heavy atom. The molecule has 0 radical (unpaired) electrons. The van der Waals surface area contributed by atoms with Crippen LogP contribution < -0.4 is 5.32 Å². The molecule has 0 saturated heterocycles. The first kappa shape index (κ1) is 14.7. The highest BCUT2D eigenvalue weighted by molar-refractivity contribution is 7.11. The van der Waals surface area contributed by atoms with Crippen LogP contribution in [0.15, 0.2) is 0 Å². The minimum absolute atomic E-state index is 0.454. The lowest BCUT2D eigenvalue weighted by Gasteiger charge is -2.12. The van der Waals surface area contributed by atoms with Gasteiger partial charge in [0.1, 0.15) is 5.01 Å². The first-order valence-electron chi connectivity index (χ1n) is 6.86. The van der Waals surface area contributed by atoms with Crippen LogP contribution in [0.4, 0.5) is 0 Å². The molecule has 1 heterocycles. The van der Waals surface area contributed by atoms with Crippen LogP contribution in [-0.2, 0) is 6.42 Å². The fourth-order valence-corrected chi connectivity index (χ4v) is 3.25. The van der Waals surface area contributed by atoms with Crippen LogP contribution >= 0.6 is 11.3 Å². The summed E-state index contributed by atoms with van der Waals surface area (Å²) in [6, 6.07) is 0.454. The van der Waals surface area contributed by atoms with E-state index in [0.717, 1.165) is 6.42 Å². The third-order valence-corrected chi connectivity index (χ3v) is 4.36. The minimum atomic E-state index is 0.454. The minimum Gasteiger partial charge on any atom is -0.311 e. The zero-order valence-electron chi connectivity index (χ0n) is 11.7. The van der Waals surface area contributed by atoms with Gasteiger partial charge < -0.3 is 5.32 Å². The molecule has 98 valence electrons. The van der Waals surface area contributed by atoms with Gasteiger partial charge in [-0.3, -0.25) is 0 Å². The second kappa shape index (κ2) is 7.83. The van der Waals surface area contributed by atoms with E-state index in [1.165, 1.54) is 47.7 Å². The first-order valence-corrected chi connectivity index (χ1v) is 7.68. The summed E-state index contributed by atoms with van der Waals surface area (Å²) in [5, 5.41) is 4.68. The molecule has 2 nitrogen and oxygen atoms in total. The normalized spacial score (nSPS) is 12.9. The molecule has 0 aliphatic carbocycles. The summed E-state index contributed by atoms with van der Waals surface area (Å²) in [4.78, 5) is 6.14. The van der Waals surface area contributed by atoms with Gasteiger partial charge in [-0.1, -0.05) is 39.5 Å². The van der Waals surface area contributed by atoms with Gasteiger partial charge in [0, 0.05) is 4.88 Å². The Hall–Kier alpha value is -0.410. The predicted octanol–water partition coefficient (Wildman–Crippen LogP) is 4.24. The van der Waals surface area contributed by atoms with Gasteiger partial charge in [-0.15, -0.1) is 11.3 Å². The van der Waals surface area contributed by atoms with E-state index in [4.69, 9.17) is 4.98 Å². The standard InChI is InChI=1S/C14H26N2S/c1-5-7-8-9-10-13(15-4)14-16-12(6-2)11(3)17-14/h13,15H,5-10H2,1-4H3. The number of rotatable bonds is 8. The Kier molecular flexibility index (Phi) is 6.75. The van der Waals surface area contributed by atoms with Gasteiger partial charge in [-0.25, -0.2) is 4.98 Å². The van der Waals surface area contributed by atoms with Crippen molar-refractivity contribution >= 4 is 11.3 Å². The number of nitrogens with one attached hydrogen (secondary N) is 1. The molecule has 17 heavy (non-hydrogen) atoms. The van der Waals surface area contributed by atoms with E-state index in [9.17, 15) is 0 Å². The van der Waals surface area contributed by atoms with E-state index in [-0.39, 0.29) is 0 Å². The third kappa shape index (κ3) is 4.40. The summed E-state index contributed by atoms with van der Waals surface area (Å²) in [5.74, 6) is 0. The molecule has 0 saturated carbocycles. The fourth-order valence-electron chi connectivity index (χ4n) is 2.09. The van der Waals surface area contributed by atoms with E-state index in [2.05, 4.69) is 26.1 Å². The van der Waals surface area contributed by atoms with Crippen LogP contribution in [0.1, 0.15) is 67.6 Å². The Bertz CT molecular complexity index is 320. The molecule has 0 aliphatic rings. The van der Waals surface area contributed by atoms with Crippen molar-refractivity contribution in [2.75, 3.05) is 7.05 Å². The summed E-state index contributed by atoms with van der Waals surface area (Å²) in [6.07, 6.45) is 7.58. The number of aryl methyl sites for hydroxylation is 2. The van der Waals surface area contributed by atoms with Gasteiger partial charge >= 0.3 is 0 Å². The van der Waals surface area contributed by atoms with E-state index in [1.54, 1.807) is 0 Å². The maximum Gasteiger partial charge on any atom is 0.110 e. The molecule has 0 aromatic carbocycles. The van der Waals surface area contributed by atoms with Crippen molar-refractivity contribution in [2.45, 2.75) is 65.3 Å². The highest BCUT2D eigenvalue weighted by atomic mass is 32.1. The summed E-state index contributed by atoms with van der Waals surface area (Å²) >= 11 is 1.86. The quantitative estimate of drug-likeness (QED) is 0.702. The van der Waals surface area contributed by atoms with Crippen molar-refractivity contribution in [3.05, 3.63) is 15.6 Å². The molecule has 0 bridgehead atoms. The molecule has 1 unspecified atom stereocenters. The maximum absolute atomic E-state index is 4.75. The van der Waals surface area contributed by atoms with Crippen LogP contribution in [0.25, 0.3) is 0 Å². The number of hydrogen-bond donors (Lipinski definition) is 1. The molecule has 0 spiro atoms. The highest BCUT2D eigenvalue weighted by Gasteiger charge is 2.14. The maximum atomic E-state index is 4.75. The second-order valence-corrected chi connectivity index (χ2v) is 5.83. The number of thiazole rings is 1. The zero-order chi connectivity index (χ0) is 12.7. The SMILES string of the molecule is CCCCCCC(NC)c1nc(CC)c(C)s1. The van der Waals surface area contributed by atoms with Crippen molar-refractivity contribution in [3.63, 3.8) is 0 Å². The molecular weight excluding hydrogens is 228 g/mol. The van der Waals surface area contributed by atoms with Crippen LogP contribution in [0.5, 0.6) is 0 Å². The van der Waals surface area contributed by atoms with E-state index >= 15 is 0 Å². The second-order valence-electron chi connectivity index (χ2n) is 4.60. The number of aromatic nitrogens is 1. The lowest BCUT2D eigenvalue weighted by atomic mass is 10.1. The van der Waals surface area contributed by atoms with E-state index in [1.807, 2.05) is 18.4 Å². The lowest BCUT2D eigenvalue weighted by Crippen LogP contribution is -2.16. The molecular formula is C14H26N2S. The van der Waals surface area contributed by atoms with E-state index in [0.29, 0.717) is 6.04 Å². The molecule has 0 aliphatic heterocycles. The molecule has 0 amide bonds. The highest BCUT2D eigenvalue weighted by Crippen LogP contribution is 2.26. The van der Waals surface area contributed by atoms with Gasteiger partial charge in [0.25, 0.3) is 0 Å². The topological polar surface area (TPSA) is 24.9 Å². The fraction of sp³-hybridized carbons (Fsp3) is 0.786. The average molecular weight is 254 g/mol. The van der Waals surface area contributed by atoms with Gasteiger partial charge in [-0.05, 0) is 26.8 Å². The van der Waals surface area contributed by atoms with Crippen LogP contribution in [0.3, 0.4) is 0 Å². The average Bonchev–Trinajstić information content (AvgIpc) is 2.70. The molecule has 0 fully saturated rings. The van der Waals surface area contributed by atoms with Crippen LogP contribution in [0, 0.1) is 6.92 Å².